The first-order valence-corrected chi connectivity index (χ1v) is 13.1. The summed E-state index contributed by atoms with van der Waals surface area (Å²) in [6.07, 6.45) is -0.798. The molecule has 0 fully saturated rings. The van der Waals surface area contributed by atoms with Gasteiger partial charge in [0.2, 0.25) is 0 Å². The van der Waals surface area contributed by atoms with Gasteiger partial charge in [-0.2, -0.15) is 0 Å². The van der Waals surface area contributed by atoms with Crippen molar-refractivity contribution in [1.29, 1.82) is 0 Å². The molecule has 0 spiro atoms. The number of hydrogen-bond donors (Lipinski definition) is 2. The van der Waals surface area contributed by atoms with Crippen LogP contribution in [0.3, 0.4) is 0 Å². The lowest BCUT2D eigenvalue weighted by atomic mass is 9.98. The van der Waals surface area contributed by atoms with Gasteiger partial charge in [0.05, 0.1) is 13.2 Å². The smallest absolute Gasteiger partial charge is 0.408 e. The van der Waals surface area contributed by atoms with Crippen LogP contribution in [0.2, 0.25) is 0 Å². The zero-order valence-electron chi connectivity index (χ0n) is 22.6. The highest BCUT2D eigenvalue weighted by Crippen LogP contribution is 2.36. The Kier molecular flexibility index (Phi) is 7.58. The maximum atomic E-state index is 11.9. The van der Waals surface area contributed by atoms with Crippen LogP contribution in [-0.2, 0) is 20.9 Å². The highest BCUT2D eigenvalue weighted by Gasteiger charge is 2.24. The molecular formula is C33H31NO6. The first-order valence-electron chi connectivity index (χ1n) is 13.1. The van der Waals surface area contributed by atoms with Crippen molar-refractivity contribution in [2.75, 3.05) is 6.61 Å². The number of carbonyl (C=O) groups excluding carboxylic acids is 1. The van der Waals surface area contributed by atoms with Crippen LogP contribution in [-0.4, -0.2) is 35.4 Å². The Balaban J connectivity index is 1.22. The van der Waals surface area contributed by atoms with Crippen molar-refractivity contribution >= 4 is 34.0 Å². The lowest BCUT2D eigenvalue weighted by Crippen LogP contribution is -2.46. The van der Waals surface area contributed by atoms with Crippen LogP contribution in [0.1, 0.15) is 26.3 Å². The van der Waals surface area contributed by atoms with Gasteiger partial charge in [-0.3, -0.25) is 0 Å². The molecule has 5 rings (SSSR count). The summed E-state index contributed by atoms with van der Waals surface area (Å²) in [5.74, 6) is -1.19. The van der Waals surface area contributed by atoms with Gasteiger partial charge in [0.1, 0.15) is 16.8 Å². The van der Waals surface area contributed by atoms with Crippen LogP contribution in [0.15, 0.2) is 95.4 Å². The quantitative estimate of drug-likeness (QED) is 0.214. The molecule has 1 amide bonds. The van der Waals surface area contributed by atoms with E-state index in [1.165, 1.54) is 0 Å². The van der Waals surface area contributed by atoms with Crippen molar-refractivity contribution in [3.05, 3.63) is 96.6 Å². The molecule has 7 heteroatoms. The second kappa shape index (κ2) is 11.2. The predicted molar refractivity (Wildman–Crippen MR) is 155 cm³/mol. The Morgan fingerprint density at radius 2 is 1.45 bits per heavy atom. The molecule has 0 aliphatic rings. The summed E-state index contributed by atoms with van der Waals surface area (Å²) in [6, 6.07) is 29.3. The molecule has 1 atom stereocenters. The van der Waals surface area contributed by atoms with E-state index in [1.54, 1.807) is 20.8 Å². The summed E-state index contributed by atoms with van der Waals surface area (Å²) in [6.45, 7) is 5.15. The van der Waals surface area contributed by atoms with Crippen LogP contribution >= 0.6 is 0 Å². The Hall–Kier alpha value is -4.62. The third kappa shape index (κ3) is 6.16. The Morgan fingerprint density at radius 1 is 0.825 bits per heavy atom. The second-order valence-electron chi connectivity index (χ2n) is 10.6. The number of carbonyl (C=O) groups is 2. The van der Waals surface area contributed by atoms with Crippen molar-refractivity contribution in [2.45, 2.75) is 39.0 Å². The molecule has 4 aromatic carbocycles. The minimum atomic E-state index is -1.21. The first-order chi connectivity index (χ1) is 19.2. The SMILES string of the molecule is CC(C)(C)OC(=O)NC(COCc1ccc(-c2ccc(-c3cccc4c3oc3ccccc34)cc2)cc1)C(=O)O. The number of fused-ring (bicyclic) bond motifs is 3. The fourth-order valence-electron chi connectivity index (χ4n) is 4.53. The summed E-state index contributed by atoms with van der Waals surface area (Å²) in [5, 5.41) is 13.9. The van der Waals surface area contributed by atoms with E-state index in [0.29, 0.717) is 0 Å². The molecule has 0 aliphatic carbocycles. The minimum Gasteiger partial charge on any atom is -0.480 e. The zero-order chi connectivity index (χ0) is 28.3. The number of para-hydroxylation sites is 2. The van der Waals surface area contributed by atoms with E-state index in [4.69, 9.17) is 13.9 Å². The lowest BCUT2D eigenvalue weighted by molar-refractivity contribution is -0.141. The normalized spacial score (nSPS) is 12.4. The zero-order valence-corrected chi connectivity index (χ0v) is 22.6. The average molecular weight is 538 g/mol. The molecule has 1 heterocycles. The van der Waals surface area contributed by atoms with Crippen LogP contribution in [0.25, 0.3) is 44.2 Å². The number of ether oxygens (including phenoxy) is 2. The number of rotatable bonds is 8. The van der Waals surface area contributed by atoms with Crippen molar-refractivity contribution in [1.82, 2.24) is 5.32 Å². The van der Waals surface area contributed by atoms with Crippen molar-refractivity contribution in [3.8, 4) is 22.3 Å². The topological polar surface area (TPSA) is 98.0 Å². The number of benzene rings is 4. The van der Waals surface area contributed by atoms with Gasteiger partial charge in [-0.15, -0.1) is 0 Å². The third-order valence-electron chi connectivity index (χ3n) is 6.43. The van der Waals surface area contributed by atoms with Gasteiger partial charge in [0.25, 0.3) is 0 Å². The van der Waals surface area contributed by atoms with E-state index in [9.17, 15) is 14.7 Å². The lowest BCUT2D eigenvalue weighted by Gasteiger charge is -2.22. The number of nitrogens with one attached hydrogen (secondary N) is 1. The van der Waals surface area contributed by atoms with Crippen molar-refractivity contribution in [2.24, 2.45) is 0 Å². The standard InChI is InChI=1S/C33H31NO6/c1-33(2,3)40-32(37)34-28(31(35)36)20-38-19-21-11-13-22(14-12-21)23-15-17-24(18-16-23)25-8-6-9-27-26-7-4-5-10-29(26)39-30(25)27/h4-18,28H,19-20H2,1-3H3,(H,34,37)(H,35,36). The first kappa shape index (κ1) is 27.0. The number of furan rings is 1. The molecule has 7 nitrogen and oxygen atoms in total. The highest BCUT2D eigenvalue weighted by atomic mass is 16.6. The summed E-state index contributed by atoms with van der Waals surface area (Å²) >= 11 is 0. The van der Waals surface area contributed by atoms with Gasteiger partial charge in [-0.25, -0.2) is 9.59 Å². The second-order valence-corrected chi connectivity index (χ2v) is 10.6. The van der Waals surface area contributed by atoms with Gasteiger partial charge in [0, 0.05) is 16.3 Å². The molecule has 0 saturated heterocycles. The number of hydrogen-bond acceptors (Lipinski definition) is 5. The van der Waals surface area contributed by atoms with Crippen LogP contribution in [0, 0.1) is 0 Å². The van der Waals surface area contributed by atoms with Gasteiger partial charge in [-0.05, 0) is 49.1 Å². The van der Waals surface area contributed by atoms with Gasteiger partial charge >= 0.3 is 12.1 Å². The highest BCUT2D eigenvalue weighted by molar-refractivity contribution is 6.09. The number of carboxylic acids is 1. The summed E-state index contributed by atoms with van der Waals surface area (Å²) in [4.78, 5) is 23.4. The maximum absolute atomic E-state index is 11.9. The molecule has 5 aromatic rings. The van der Waals surface area contributed by atoms with Gasteiger partial charge in [-0.1, -0.05) is 84.9 Å². The Morgan fingerprint density at radius 3 is 2.12 bits per heavy atom. The van der Waals surface area contributed by atoms with Gasteiger partial charge < -0.3 is 24.3 Å². The van der Waals surface area contributed by atoms with Crippen LogP contribution < -0.4 is 5.32 Å². The Bertz CT molecular complexity index is 1650. The maximum Gasteiger partial charge on any atom is 0.408 e. The van der Waals surface area contributed by atoms with E-state index >= 15 is 0 Å². The number of aliphatic carboxylic acids is 1. The minimum absolute atomic E-state index is 0.185. The summed E-state index contributed by atoms with van der Waals surface area (Å²) in [7, 11) is 0. The average Bonchev–Trinajstić information content (AvgIpc) is 3.31. The van der Waals surface area contributed by atoms with Crippen LogP contribution in [0.5, 0.6) is 0 Å². The molecule has 0 aliphatic heterocycles. The van der Waals surface area contributed by atoms with Crippen LogP contribution in [0.4, 0.5) is 4.79 Å². The molecule has 40 heavy (non-hydrogen) atoms. The van der Waals surface area contributed by atoms with E-state index in [1.807, 2.05) is 42.5 Å². The third-order valence-corrected chi connectivity index (χ3v) is 6.43. The monoisotopic (exact) mass is 537 g/mol. The summed E-state index contributed by atoms with van der Waals surface area (Å²) < 4.78 is 16.9. The fraction of sp³-hybridized carbons (Fsp3) is 0.212. The molecule has 0 radical (unpaired) electrons. The molecule has 0 bridgehead atoms. The summed E-state index contributed by atoms with van der Waals surface area (Å²) in [5.41, 5.74) is 6.17. The predicted octanol–water partition coefficient (Wildman–Crippen LogP) is 7.41. The van der Waals surface area contributed by atoms with Crippen molar-refractivity contribution in [3.63, 3.8) is 0 Å². The molecule has 2 N–H and O–H groups in total. The molecule has 1 unspecified atom stereocenters. The van der Waals surface area contributed by atoms with E-state index in [-0.39, 0.29) is 13.2 Å². The molecule has 0 saturated carbocycles. The molecule has 1 aromatic heterocycles. The molecular weight excluding hydrogens is 506 g/mol. The Labute approximate surface area is 232 Å². The molecule has 204 valence electrons. The number of amides is 1. The number of alkyl carbamates (subject to hydrolysis) is 1. The van der Waals surface area contributed by atoms with Crippen molar-refractivity contribution < 1.29 is 28.6 Å². The fourth-order valence-corrected chi connectivity index (χ4v) is 4.53. The van der Waals surface area contributed by atoms with E-state index in [2.05, 4.69) is 53.8 Å². The van der Waals surface area contributed by atoms with Gasteiger partial charge in [0.15, 0.2) is 6.04 Å². The van der Waals surface area contributed by atoms with E-state index < -0.39 is 23.7 Å². The van der Waals surface area contributed by atoms with E-state index in [0.717, 1.165) is 49.8 Å². The largest absolute Gasteiger partial charge is 0.480 e. The number of carboxylic acid groups (broad SMARTS) is 1.